The second-order valence-corrected chi connectivity index (χ2v) is 2.16. The highest BCUT2D eigenvalue weighted by Gasteiger charge is 2.07. The summed E-state index contributed by atoms with van der Waals surface area (Å²) in [6.07, 6.45) is -2.35. The zero-order valence-electron chi connectivity index (χ0n) is 7.02. The zero-order chi connectivity index (χ0) is 9.56. The summed E-state index contributed by atoms with van der Waals surface area (Å²) >= 11 is 0. The predicted molar refractivity (Wildman–Crippen MR) is 43.2 cm³/mol. The Morgan fingerprint density at radius 2 is 1.58 bits per heavy atom. The molecule has 0 amide bonds. The summed E-state index contributed by atoms with van der Waals surface area (Å²) in [6.45, 7) is 1.68. The number of hydrogen-bond acceptors (Lipinski definition) is 0. The van der Waals surface area contributed by atoms with Crippen LogP contribution in [0, 0.1) is 6.92 Å². The molecule has 0 aliphatic carbocycles. The van der Waals surface area contributed by atoms with Crippen molar-refractivity contribution >= 4 is 0 Å². The summed E-state index contributed by atoms with van der Waals surface area (Å²) in [5.41, 5.74) is 0.778. The van der Waals surface area contributed by atoms with Crippen molar-refractivity contribution in [2.75, 3.05) is 7.18 Å². The minimum absolute atomic E-state index is 0.127. The molecule has 3 heteroatoms. The monoisotopic (exact) mass is 176 g/mol. The highest BCUT2D eigenvalue weighted by atomic mass is 19.3. The average Bonchev–Trinajstić information content (AvgIpc) is 2.08. The van der Waals surface area contributed by atoms with E-state index in [4.69, 9.17) is 0 Å². The minimum Gasteiger partial charge on any atom is -0.255 e. The lowest BCUT2D eigenvalue weighted by molar-refractivity contribution is 0.150. The van der Waals surface area contributed by atoms with Crippen LogP contribution in [-0.2, 0) is 0 Å². The molecule has 1 aromatic rings. The highest BCUT2D eigenvalue weighted by Crippen LogP contribution is 2.21. The van der Waals surface area contributed by atoms with E-state index in [1.165, 1.54) is 6.07 Å². The van der Waals surface area contributed by atoms with E-state index in [9.17, 15) is 13.2 Å². The quantitative estimate of drug-likeness (QED) is 0.614. The van der Waals surface area contributed by atoms with Crippen molar-refractivity contribution in [3.8, 4) is 0 Å². The van der Waals surface area contributed by atoms with Crippen molar-refractivity contribution in [1.29, 1.82) is 0 Å². The van der Waals surface area contributed by atoms with E-state index < -0.39 is 6.43 Å². The lowest BCUT2D eigenvalue weighted by Gasteiger charge is -2.01. The first-order chi connectivity index (χ1) is 5.72. The number of aryl methyl sites for hydroxylation is 1. The van der Waals surface area contributed by atoms with Crippen LogP contribution < -0.4 is 0 Å². The molecule has 12 heavy (non-hydrogen) atoms. The fourth-order valence-corrected chi connectivity index (χ4v) is 0.832. The summed E-state index contributed by atoms with van der Waals surface area (Å²) in [6, 6.07) is 6.50. The van der Waals surface area contributed by atoms with Gasteiger partial charge in [0.1, 0.15) is 0 Å². The summed E-state index contributed by atoms with van der Waals surface area (Å²) in [5.74, 6) is 0. The maximum atomic E-state index is 12.0. The molecule has 68 valence electrons. The van der Waals surface area contributed by atoms with E-state index in [0.29, 0.717) is 12.7 Å². The molecule has 1 rings (SSSR count). The molecule has 1 aromatic carbocycles. The van der Waals surface area contributed by atoms with E-state index in [0.717, 1.165) is 0 Å². The summed E-state index contributed by atoms with van der Waals surface area (Å²) < 4.78 is 33.6. The number of benzene rings is 1. The Hall–Kier alpha value is -0.990. The Bertz CT molecular complexity index is 221. The molecule has 0 aliphatic heterocycles. The molecular formula is C9H11F3. The van der Waals surface area contributed by atoms with Gasteiger partial charge in [0.15, 0.2) is 0 Å². The molecule has 0 saturated heterocycles. The van der Waals surface area contributed by atoms with Gasteiger partial charge in [-0.05, 0) is 12.5 Å². The Kier molecular flexibility index (Phi) is 5.17. The van der Waals surface area contributed by atoms with Gasteiger partial charge in [-0.3, -0.25) is 4.39 Å². The van der Waals surface area contributed by atoms with Crippen molar-refractivity contribution in [3.63, 3.8) is 0 Å². The van der Waals surface area contributed by atoms with Crippen LogP contribution in [0.4, 0.5) is 13.2 Å². The van der Waals surface area contributed by atoms with E-state index in [2.05, 4.69) is 0 Å². The van der Waals surface area contributed by atoms with Gasteiger partial charge in [-0.2, -0.15) is 0 Å². The molecule has 0 radical (unpaired) electrons. The van der Waals surface area contributed by atoms with Gasteiger partial charge in [0.25, 0.3) is 6.43 Å². The molecule has 0 bridgehead atoms. The normalized spacial score (nSPS) is 9.17. The van der Waals surface area contributed by atoms with Crippen molar-refractivity contribution in [1.82, 2.24) is 0 Å². The van der Waals surface area contributed by atoms with Crippen molar-refractivity contribution in [3.05, 3.63) is 35.4 Å². The van der Waals surface area contributed by atoms with Crippen molar-refractivity contribution in [2.45, 2.75) is 13.3 Å². The van der Waals surface area contributed by atoms with Gasteiger partial charge >= 0.3 is 0 Å². The third kappa shape index (κ3) is 2.95. The van der Waals surface area contributed by atoms with E-state index in [-0.39, 0.29) is 5.56 Å². The van der Waals surface area contributed by atoms with Gasteiger partial charge in [-0.25, -0.2) is 8.78 Å². The molecular weight excluding hydrogens is 165 g/mol. The van der Waals surface area contributed by atoms with Gasteiger partial charge in [-0.15, -0.1) is 0 Å². The number of halogens is 3. The highest BCUT2D eigenvalue weighted by molar-refractivity contribution is 5.26. The topological polar surface area (TPSA) is 0 Å². The average molecular weight is 176 g/mol. The van der Waals surface area contributed by atoms with Crippen molar-refractivity contribution < 1.29 is 13.2 Å². The van der Waals surface area contributed by atoms with Gasteiger partial charge in [-0.1, -0.05) is 24.3 Å². The maximum absolute atomic E-state index is 12.0. The minimum atomic E-state index is -2.35. The van der Waals surface area contributed by atoms with Crippen molar-refractivity contribution in [2.24, 2.45) is 0 Å². The molecule has 0 N–H and O–H groups in total. The van der Waals surface area contributed by atoms with Crippen LogP contribution in [0.25, 0.3) is 0 Å². The van der Waals surface area contributed by atoms with Crippen LogP contribution in [0.15, 0.2) is 24.3 Å². The lowest BCUT2D eigenvalue weighted by atomic mass is 10.1. The first-order valence-electron chi connectivity index (χ1n) is 3.43. The van der Waals surface area contributed by atoms with E-state index in [1.54, 1.807) is 25.1 Å². The fraction of sp³-hybridized carbons (Fsp3) is 0.333. The molecule has 0 aromatic heterocycles. The Morgan fingerprint density at radius 1 is 1.08 bits per heavy atom. The smallest absolute Gasteiger partial charge is 0.255 e. The standard InChI is InChI=1S/C8H8F2.CH3F/c1-6-4-2-3-5-7(6)8(9)10;1-2/h2-5,8H,1H3;1H3. The van der Waals surface area contributed by atoms with Gasteiger partial charge in [0.05, 0.1) is 7.18 Å². The van der Waals surface area contributed by atoms with Gasteiger partial charge in [0, 0.05) is 5.56 Å². The molecule has 0 heterocycles. The largest absolute Gasteiger partial charge is 0.264 e. The van der Waals surface area contributed by atoms with Crippen LogP contribution in [-0.4, -0.2) is 7.18 Å². The second kappa shape index (κ2) is 5.63. The van der Waals surface area contributed by atoms with Gasteiger partial charge < -0.3 is 0 Å². The SMILES string of the molecule is CF.Cc1ccccc1C(F)F. The molecule has 0 aliphatic rings. The van der Waals surface area contributed by atoms with Crippen LogP contribution in [0.1, 0.15) is 17.6 Å². The Labute approximate surface area is 70.0 Å². The van der Waals surface area contributed by atoms with Crippen LogP contribution in [0.5, 0.6) is 0 Å². The second-order valence-electron chi connectivity index (χ2n) is 2.16. The summed E-state index contributed by atoms with van der Waals surface area (Å²) in [5, 5.41) is 0. The Balaban J connectivity index is 0.000000561. The first-order valence-corrected chi connectivity index (χ1v) is 3.43. The molecule has 0 unspecified atom stereocenters. The molecule has 0 saturated carbocycles. The van der Waals surface area contributed by atoms with Crippen LogP contribution in [0.2, 0.25) is 0 Å². The first kappa shape index (κ1) is 11.0. The predicted octanol–water partition coefficient (Wildman–Crippen LogP) is 3.52. The molecule has 0 nitrogen and oxygen atoms in total. The van der Waals surface area contributed by atoms with E-state index >= 15 is 0 Å². The van der Waals surface area contributed by atoms with E-state index in [1.807, 2.05) is 0 Å². The molecule has 0 spiro atoms. The molecule has 0 atom stereocenters. The molecule has 0 fully saturated rings. The lowest BCUT2D eigenvalue weighted by Crippen LogP contribution is -1.86. The van der Waals surface area contributed by atoms with Crippen LogP contribution in [0.3, 0.4) is 0 Å². The number of hydrogen-bond donors (Lipinski definition) is 0. The maximum Gasteiger partial charge on any atom is 0.264 e. The number of rotatable bonds is 1. The fourth-order valence-electron chi connectivity index (χ4n) is 0.832. The zero-order valence-corrected chi connectivity index (χ0v) is 7.02. The summed E-state index contributed by atoms with van der Waals surface area (Å²) in [4.78, 5) is 0. The van der Waals surface area contributed by atoms with Crippen LogP contribution >= 0.6 is 0 Å². The Morgan fingerprint density at radius 3 is 1.92 bits per heavy atom. The summed E-state index contributed by atoms with van der Waals surface area (Å²) in [7, 11) is 0.500. The number of alkyl halides is 3. The third-order valence-corrected chi connectivity index (χ3v) is 1.42. The third-order valence-electron chi connectivity index (χ3n) is 1.42. The van der Waals surface area contributed by atoms with Gasteiger partial charge in [0.2, 0.25) is 0 Å².